The van der Waals surface area contributed by atoms with Crippen LogP contribution in [0.1, 0.15) is 13.3 Å². The minimum atomic E-state index is 0.942. The van der Waals surface area contributed by atoms with Crippen LogP contribution >= 0.6 is 11.8 Å². The maximum Gasteiger partial charge on any atom is 0.0547 e. The predicted molar refractivity (Wildman–Crippen MR) is 40.7 cm³/mol. The first-order valence-corrected chi connectivity index (χ1v) is 3.90. The van der Waals surface area contributed by atoms with Crippen LogP contribution in [0.25, 0.3) is 0 Å². The van der Waals surface area contributed by atoms with Gasteiger partial charge in [0.15, 0.2) is 0 Å². The zero-order chi connectivity index (χ0) is 6.24. The molecule has 0 bridgehead atoms. The topological polar surface area (TPSA) is 0 Å². The van der Waals surface area contributed by atoms with E-state index in [1.54, 1.807) is 0 Å². The second-order valence-corrected chi connectivity index (χ2v) is 2.51. The minimum Gasteiger partial charge on any atom is -0.149 e. The highest BCUT2D eigenvalue weighted by Crippen LogP contribution is 1.98. The first kappa shape index (κ1) is 7.91. The van der Waals surface area contributed by atoms with E-state index in [1.807, 2.05) is 11.8 Å². The molecule has 0 aliphatic heterocycles. The van der Waals surface area contributed by atoms with Crippen molar-refractivity contribution in [2.45, 2.75) is 13.3 Å². The summed E-state index contributed by atoms with van der Waals surface area (Å²) in [5.74, 6) is 7.65. The van der Waals surface area contributed by atoms with Crippen molar-refractivity contribution in [3.63, 3.8) is 0 Å². The second kappa shape index (κ2) is 6.91. The number of hydrogen-bond donors (Lipinski definition) is 0. The molecule has 0 fully saturated rings. The van der Waals surface area contributed by atoms with Crippen molar-refractivity contribution >= 4 is 11.8 Å². The van der Waals surface area contributed by atoms with Crippen molar-refractivity contribution < 1.29 is 0 Å². The van der Waals surface area contributed by atoms with Gasteiger partial charge in [0.1, 0.15) is 0 Å². The smallest absolute Gasteiger partial charge is 0.0547 e. The standard InChI is InChI=1S/C7H11S/c1-3-5-7-8-6-4-2/h1,4,6-7H2,2H3. The summed E-state index contributed by atoms with van der Waals surface area (Å²) < 4.78 is 0. The second-order valence-electron chi connectivity index (χ2n) is 1.41. The summed E-state index contributed by atoms with van der Waals surface area (Å²) in [4.78, 5) is 0. The molecule has 0 rings (SSSR count). The SMILES string of the molecule is [CH2]C#CCSCCC. The molecule has 0 nitrogen and oxygen atoms in total. The number of rotatable bonds is 3. The molecule has 0 saturated heterocycles. The average molecular weight is 127 g/mol. The van der Waals surface area contributed by atoms with E-state index >= 15 is 0 Å². The van der Waals surface area contributed by atoms with E-state index in [0.717, 1.165) is 5.75 Å². The van der Waals surface area contributed by atoms with Crippen LogP contribution in [0.4, 0.5) is 0 Å². The van der Waals surface area contributed by atoms with Crippen LogP contribution in [0.5, 0.6) is 0 Å². The number of hydrogen-bond acceptors (Lipinski definition) is 1. The van der Waals surface area contributed by atoms with E-state index in [9.17, 15) is 0 Å². The molecule has 0 saturated carbocycles. The molecule has 0 N–H and O–H groups in total. The van der Waals surface area contributed by atoms with Gasteiger partial charge in [-0.3, -0.25) is 0 Å². The van der Waals surface area contributed by atoms with Gasteiger partial charge < -0.3 is 0 Å². The normalized spacial score (nSPS) is 7.75. The third kappa shape index (κ3) is 5.91. The molecule has 0 aliphatic rings. The van der Waals surface area contributed by atoms with Crippen molar-refractivity contribution in [1.82, 2.24) is 0 Å². The zero-order valence-electron chi connectivity index (χ0n) is 5.24. The Morgan fingerprint density at radius 2 is 2.38 bits per heavy atom. The van der Waals surface area contributed by atoms with Gasteiger partial charge in [0.25, 0.3) is 0 Å². The predicted octanol–water partition coefficient (Wildman–Crippen LogP) is 1.97. The highest BCUT2D eigenvalue weighted by Gasteiger charge is 1.78. The highest BCUT2D eigenvalue weighted by atomic mass is 32.2. The van der Waals surface area contributed by atoms with E-state index in [4.69, 9.17) is 0 Å². The maximum absolute atomic E-state index is 3.41. The largest absolute Gasteiger partial charge is 0.149 e. The Morgan fingerprint density at radius 3 is 2.88 bits per heavy atom. The molecule has 8 heavy (non-hydrogen) atoms. The Balaban J connectivity index is 2.79. The molecular weight excluding hydrogens is 116 g/mol. The first-order chi connectivity index (χ1) is 3.91. The lowest BCUT2D eigenvalue weighted by Crippen LogP contribution is -1.75. The lowest BCUT2D eigenvalue weighted by molar-refractivity contribution is 1.11. The van der Waals surface area contributed by atoms with Gasteiger partial charge in [-0.2, -0.15) is 0 Å². The van der Waals surface area contributed by atoms with Crippen molar-refractivity contribution in [1.29, 1.82) is 0 Å². The van der Waals surface area contributed by atoms with Gasteiger partial charge in [-0.05, 0) is 12.2 Å². The van der Waals surface area contributed by atoms with Gasteiger partial charge in [-0.15, -0.1) is 17.7 Å². The monoisotopic (exact) mass is 127 g/mol. The molecule has 0 aromatic carbocycles. The summed E-state index contributed by atoms with van der Waals surface area (Å²) in [6.07, 6.45) is 1.24. The molecule has 0 amide bonds. The molecule has 0 aliphatic carbocycles. The van der Waals surface area contributed by atoms with Crippen LogP contribution in [-0.4, -0.2) is 11.5 Å². The minimum absolute atomic E-state index is 0.942. The van der Waals surface area contributed by atoms with Gasteiger partial charge in [0.05, 0.1) is 5.75 Å². The van der Waals surface area contributed by atoms with Gasteiger partial charge in [-0.25, -0.2) is 0 Å². The lowest BCUT2D eigenvalue weighted by atomic mass is 10.6. The molecule has 0 aromatic heterocycles. The van der Waals surface area contributed by atoms with Gasteiger partial charge in [0.2, 0.25) is 0 Å². The zero-order valence-corrected chi connectivity index (χ0v) is 6.05. The van der Waals surface area contributed by atoms with Crippen molar-refractivity contribution in [2.24, 2.45) is 0 Å². The van der Waals surface area contributed by atoms with Crippen LogP contribution in [0, 0.1) is 18.8 Å². The van der Waals surface area contributed by atoms with Crippen LogP contribution in [-0.2, 0) is 0 Å². The van der Waals surface area contributed by atoms with Crippen molar-refractivity contribution in [2.75, 3.05) is 11.5 Å². The Morgan fingerprint density at radius 1 is 1.62 bits per heavy atom. The molecule has 0 aromatic rings. The molecule has 0 atom stereocenters. The summed E-state index contributed by atoms with van der Waals surface area (Å²) in [6, 6.07) is 0. The fourth-order valence-electron chi connectivity index (χ4n) is 0.319. The summed E-state index contributed by atoms with van der Waals surface area (Å²) in [5.41, 5.74) is 0. The third-order valence-corrected chi connectivity index (χ3v) is 1.69. The Kier molecular flexibility index (Phi) is 6.83. The Hall–Kier alpha value is -0.0900. The van der Waals surface area contributed by atoms with Crippen LogP contribution in [0.15, 0.2) is 0 Å². The average Bonchev–Trinajstić information content (AvgIpc) is 1.81. The van der Waals surface area contributed by atoms with Gasteiger partial charge in [-0.1, -0.05) is 12.8 Å². The maximum atomic E-state index is 3.41. The lowest BCUT2D eigenvalue weighted by Gasteiger charge is -1.87. The molecule has 1 heteroatoms. The summed E-state index contributed by atoms with van der Waals surface area (Å²) in [6.45, 7) is 5.58. The molecule has 0 spiro atoms. The molecule has 0 heterocycles. The Labute approximate surface area is 56.1 Å². The van der Waals surface area contributed by atoms with E-state index in [1.165, 1.54) is 12.2 Å². The van der Waals surface area contributed by atoms with E-state index < -0.39 is 0 Å². The van der Waals surface area contributed by atoms with Crippen LogP contribution in [0.3, 0.4) is 0 Å². The third-order valence-electron chi connectivity index (χ3n) is 0.648. The van der Waals surface area contributed by atoms with E-state index in [2.05, 4.69) is 25.7 Å². The van der Waals surface area contributed by atoms with E-state index in [-0.39, 0.29) is 0 Å². The summed E-state index contributed by atoms with van der Waals surface area (Å²) in [7, 11) is 0. The molecular formula is C7H11S. The van der Waals surface area contributed by atoms with E-state index in [0.29, 0.717) is 0 Å². The Bertz CT molecular complexity index is 86.3. The van der Waals surface area contributed by atoms with Gasteiger partial charge in [0, 0.05) is 6.92 Å². The van der Waals surface area contributed by atoms with Crippen LogP contribution in [0.2, 0.25) is 0 Å². The highest BCUT2D eigenvalue weighted by molar-refractivity contribution is 7.99. The van der Waals surface area contributed by atoms with Crippen LogP contribution < -0.4 is 0 Å². The fourth-order valence-corrected chi connectivity index (χ4v) is 0.956. The van der Waals surface area contributed by atoms with Gasteiger partial charge >= 0.3 is 0 Å². The first-order valence-electron chi connectivity index (χ1n) is 2.74. The number of thioether (sulfide) groups is 1. The molecule has 0 unspecified atom stereocenters. The summed E-state index contributed by atoms with van der Waals surface area (Å²) in [5, 5.41) is 0. The molecule has 45 valence electrons. The van der Waals surface area contributed by atoms with Crippen molar-refractivity contribution in [3.8, 4) is 11.8 Å². The molecule has 1 radical (unpaired) electrons. The summed E-state index contributed by atoms with van der Waals surface area (Å²) >= 11 is 1.86. The van der Waals surface area contributed by atoms with Crippen molar-refractivity contribution in [3.05, 3.63) is 6.92 Å². The quantitative estimate of drug-likeness (QED) is 0.412. The fraction of sp³-hybridized carbons (Fsp3) is 0.571.